The molecule has 0 aliphatic carbocycles. The van der Waals surface area contributed by atoms with E-state index in [4.69, 9.17) is 0 Å². The summed E-state index contributed by atoms with van der Waals surface area (Å²) in [5, 5.41) is 10.1. The number of alkyl halides is 3. The molecule has 75 valence electrons. The van der Waals surface area contributed by atoms with E-state index < -0.39 is 11.7 Å². The Labute approximate surface area is 79.5 Å². The molecule has 0 amide bonds. The molecule has 1 radical (unpaired) electrons. The first-order valence-electron chi connectivity index (χ1n) is 3.96. The average molecular weight is 201 g/mol. The maximum atomic E-state index is 12.1. The molecule has 0 atom stereocenters. The van der Waals surface area contributed by atoms with Crippen LogP contribution in [0.1, 0.15) is 11.1 Å². The molecule has 0 bridgehead atoms. The predicted octanol–water partition coefficient (Wildman–Crippen LogP) is 3.15. The maximum absolute atomic E-state index is 12.1. The lowest BCUT2D eigenvalue weighted by atomic mass is 10.1. The average Bonchev–Trinajstić information content (AvgIpc) is 2.14. The molecule has 14 heavy (non-hydrogen) atoms. The molecule has 0 saturated carbocycles. The highest BCUT2D eigenvalue weighted by Gasteiger charge is 2.29. The standard InChI is InChI=1S/C10H8F3O/c11-10(12,13)9-5-3-8(4-6-9)2-1-7-14/h1-6H,7H2. The molecule has 0 fully saturated rings. The fourth-order valence-corrected chi connectivity index (χ4v) is 0.967. The molecule has 0 aliphatic heterocycles. The van der Waals surface area contributed by atoms with E-state index in [1.54, 1.807) is 0 Å². The van der Waals surface area contributed by atoms with Crippen molar-refractivity contribution in [3.63, 3.8) is 0 Å². The maximum Gasteiger partial charge on any atom is 0.416 e. The zero-order chi connectivity index (χ0) is 10.6. The zero-order valence-electron chi connectivity index (χ0n) is 7.21. The van der Waals surface area contributed by atoms with Gasteiger partial charge in [0.1, 0.15) is 6.61 Å². The summed E-state index contributed by atoms with van der Waals surface area (Å²) in [5.41, 5.74) is -0.0920. The van der Waals surface area contributed by atoms with Gasteiger partial charge >= 0.3 is 6.18 Å². The number of halogens is 3. The van der Waals surface area contributed by atoms with Crippen molar-refractivity contribution in [3.05, 3.63) is 41.5 Å². The van der Waals surface area contributed by atoms with Gasteiger partial charge in [0.05, 0.1) is 5.56 Å². The summed E-state index contributed by atoms with van der Waals surface area (Å²) in [6, 6.07) is 4.64. The minimum atomic E-state index is -4.30. The fraction of sp³-hybridized carbons (Fsp3) is 0.200. The second-order valence-corrected chi connectivity index (χ2v) is 2.69. The summed E-state index contributed by atoms with van der Waals surface area (Å²) in [5.74, 6) is 0. The molecule has 1 aromatic carbocycles. The minimum absolute atomic E-state index is 0.374. The Balaban J connectivity index is 2.84. The summed E-state index contributed by atoms with van der Waals surface area (Å²) in [7, 11) is 0. The molecule has 0 spiro atoms. The van der Waals surface area contributed by atoms with Gasteiger partial charge in [-0.25, -0.2) is 5.11 Å². The molecule has 1 aromatic rings. The Kier molecular flexibility index (Phi) is 3.30. The van der Waals surface area contributed by atoms with Crippen LogP contribution in [-0.2, 0) is 11.3 Å². The van der Waals surface area contributed by atoms with E-state index >= 15 is 0 Å². The van der Waals surface area contributed by atoms with Crippen LogP contribution in [0.15, 0.2) is 30.3 Å². The Hall–Kier alpha value is -1.29. The topological polar surface area (TPSA) is 19.9 Å². The summed E-state index contributed by atoms with van der Waals surface area (Å²) in [4.78, 5) is 0. The lowest BCUT2D eigenvalue weighted by Crippen LogP contribution is -2.03. The van der Waals surface area contributed by atoms with E-state index in [0.29, 0.717) is 5.56 Å². The molecule has 0 N–H and O–H groups in total. The van der Waals surface area contributed by atoms with Crippen LogP contribution in [0.2, 0.25) is 0 Å². The molecule has 0 unspecified atom stereocenters. The van der Waals surface area contributed by atoms with Crippen LogP contribution in [0, 0.1) is 0 Å². The van der Waals surface area contributed by atoms with Crippen LogP contribution in [0.5, 0.6) is 0 Å². The largest absolute Gasteiger partial charge is 0.416 e. The van der Waals surface area contributed by atoms with Crippen molar-refractivity contribution < 1.29 is 18.3 Å². The molecule has 0 aromatic heterocycles. The third-order valence-electron chi connectivity index (χ3n) is 1.64. The van der Waals surface area contributed by atoms with Crippen molar-refractivity contribution in [2.75, 3.05) is 6.61 Å². The SMILES string of the molecule is [O]CC=Cc1ccc(C(F)(F)F)cc1. The number of hydrogen-bond acceptors (Lipinski definition) is 0. The first kappa shape index (κ1) is 10.8. The van der Waals surface area contributed by atoms with Crippen LogP contribution in [0.25, 0.3) is 6.08 Å². The van der Waals surface area contributed by atoms with Crippen LogP contribution in [0.3, 0.4) is 0 Å². The van der Waals surface area contributed by atoms with Crippen LogP contribution >= 0.6 is 0 Å². The molecule has 0 saturated heterocycles. The van der Waals surface area contributed by atoms with Crippen molar-refractivity contribution in [3.8, 4) is 0 Å². The molecule has 0 aliphatic rings. The first-order chi connectivity index (χ1) is 6.54. The normalized spacial score (nSPS) is 12.3. The summed E-state index contributed by atoms with van der Waals surface area (Å²) < 4.78 is 36.3. The minimum Gasteiger partial charge on any atom is -0.232 e. The second-order valence-electron chi connectivity index (χ2n) is 2.69. The van der Waals surface area contributed by atoms with Gasteiger partial charge in [0.15, 0.2) is 0 Å². The fourth-order valence-electron chi connectivity index (χ4n) is 0.967. The van der Waals surface area contributed by atoms with Gasteiger partial charge in [-0.15, -0.1) is 0 Å². The van der Waals surface area contributed by atoms with Gasteiger partial charge in [0.2, 0.25) is 0 Å². The van der Waals surface area contributed by atoms with Crippen LogP contribution in [0.4, 0.5) is 13.2 Å². The lowest BCUT2D eigenvalue weighted by Gasteiger charge is -2.05. The molecule has 1 rings (SSSR count). The van der Waals surface area contributed by atoms with Gasteiger partial charge in [-0.3, -0.25) is 0 Å². The summed E-state index contributed by atoms with van der Waals surface area (Å²) in [6.45, 7) is -0.374. The highest BCUT2D eigenvalue weighted by atomic mass is 19.4. The Morgan fingerprint density at radius 3 is 2.14 bits per heavy atom. The lowest BCUT2D eigenvalue weighted by molar-refractivity contribution is -0.137. The number of hydrogen-bond donors (Lipinski definition) is 0. The van der Waals surface area contributed by atoms with Crippen molar-refractivity contribution in [1.29, 1.82) is 0 Å². The Morgan fingerprint density at radius 2 is 1.71 bits per heavy atom. The monoisotopic (exact) mass is 201 g/mol. The van der Waals surface area contributed by atoms with Crippen molar-refractivity contribution in [1.82, 2.24) is 0 Å². The Morgan fingerprint density at radius 1 is 1.14 bits per heavy atom. The van der Waals surface area contributed by atoms with E-state index in [1.165, 1.54) is 24.3 Å². The van der Waals surface area contributed by atoms with Crippen LogP contribution < -0.4 is 0 Å². The smallest absolute Gasteiger partial charge is 0.232 e. The molecule has 0 heterocycles. The van der Waals surface area contributed by atoms with E-state index in [0.717, 1.165) is 12.1 Å². The second kappa shape index (κ2) is 4.28. The van der Waals surface area contributed by atoms with Gasteiger partial charge in [-0.2, -0.15) is 13.2 Å². The zero-order valence-corrected chi connectivity index (χ0v) is 7.21. The van der Waals surface area contributed by atoms with Gasteiger partial charge in [0, 0.05) is 0 Å². The molecular weight excluding hydrogens is 193 g/mol. The molecule has 1 nitrogen and oxygen atoms in total. The van der Waals surface area contributed by atoms with Crippen molar-refractivity contribution in [2.45, 2.75) is 6.18 Å². The van der Waals surface area contributed by atoms with Crippen LogP contribution in [-0.4, -0.2) is 6.61 Å². The predicted molar refractivity (Wildman–Crippen MR) is 46.0 cm³/mol. The van der Waals surface area contributed by atoms with Gasteiger partial charge in [-0.05, 0) is 17.7 Å². The quantitative estimate of drug-likeness (QED) is 0.700. The van der Waals surface area contributed by atoms with E-state index in [2.05, 4.69) is 0 Å². The molecule has 4 heteroatoms. The van der Waals surface area contributed by atoms with Gasteiger partial charge in [-0.1, -0.05) is 24.3 Å². The highest BCUT2D eigenvalue weighted by molar-refractivity contribution is 5.49. The van der Waals surface area contributed by atoms with Crippen molar-refractivity contribution in [2.24, 2.45) is 0 Å². The summed E-state index contributed by atoms with van der Waals surface area (Å²) in [6.07, 6.45) is -1.46. The van der Waals surface area contributed by atoms with Gasteiger partial charge < -0.3 is 0 Å². The van der Waals surface area contributed by atoms with Crippen molar-refractivity contribution >= 4 is 6.08 Å². The van der Waals surface area contributed by atoms with E-state index in [9.17, 15) is 18.3 Å². The number of rotatable bonds is 2. The Bertz CT molecular complexity index is 311. The third kappa shape index (κ3) is 2.88. The molecular formula is C10H8F3O. The first-order valence-corrected chi connectivity index (χ1v) is 3.96. The highest BCUT2D eigenvalue weighted by Crippen LogP contribution is 2.29. The van der Waals surface area contributed by atoms with Gasteiger partial charge in [0.25, 0.3) is 0 Å². The number of benzene rings is 1. The summed E-state index contributed by atoms with van der Waals surface area (Å²) >= 11 is 0. The van der Waals surface area contributed by atoms with E-state index in [1.807, 2.05) is 0 Å². The third-order valence-corrected chi connectivity index (χ3v) is 1.64. The van der Waals surface area contributed by atoms with E-state index in [-0.39, 0.29) is 6.61 Å².